The first-order valence-corrected chi connectivity index (χ1v) is 6.85. The Labute approximate surface area is 124 Å². The number of ether oxygens (including phenoxy) is 1. The second-order valence-electron chi connectivity index (χ2n) is 4.56. The number of aryl methyl sites for hydroxylation is 1. The van der Waals surface area contributed by atoms with Crippen LogP contribution >= 0.6 is 0 Å². The van der Waals surface area contributed by atoms with Gasteiger partial charge in [0.15, 0.2) is 0 Å². The van der Waals surface area contributed by atoms with Gasteiger partial charge in [0, 0.05) is 0 Å². The third-order valence-corrected chi connectivity index (χ3v) is 3.05. The van der Waals surface area contributed by atoms with Gasteiger partial charge in [-0.05, 0) is 36.6 Å². The van der Waals surface area contributed by atoms with Crippen LogP contribution in [-0.2, 0) is 6.42 Å². The van der Waals surface area contributed by atoms with Crippen LogP contribution in [0.2, 0.25) is 0 Å². The van der Waals surface area contributed by atoms with Gasteiger partial charge in [0.2, 0.25) is 0 Å². The molecule has 0 aliphatic heterocycles. The van der Waals surface area contributed by atoms with Gasteiger partial charge in [-0.25, -0.2) is 10.2 Å². The molecule has 0 saturated heterocycles. The fourth-order valence-electron chi connectivity index (χ4n) is 1.79. The summed E-state index contributed by atoms with van der Waals surface area (Å²) in [5.74, 6) is 0.482. The van der Waals surface area contributed by atoms with Crippen LogP contribution < -0.4 is 10.2 Å². The second-order valence-corrected chi connectivity index (χ2v) is 4.56. The molecule has 0 fully saturated rings. The molecule has 1 N–H and O–H groups in total. The van der Waals surface area contributed by atoms with Gasteiger partial charge in [-0.2, -0.15) is 5.10 Å². The van der Waals surface area contributed by atoms with Crippen LogP contribution in [0.4, 0.5) is 4.79 Å². The van der Waals surface area contributed by atoms with Crippen molar-refractivity contribution >= 4 is 11.8 Å². The maximum absolute atomic E-state index is 11.6. The molecule has 0 aromatic heterocycles. The van der Waals surface area contributed by atoms with Gasteiger partial charge in [-0.15, -0.1) is 0 Å². The highest BCUT2D eigenvalue weighted by atomic mass is 16.6. The largest absolute Gasteiger partial charge is 0.433 e. The molecule has 0 atom stereocenters. The van der Waals surface area contributed by atoms with E-state index in [2.05, 4.69) is 29.6 Å². The van der Waals surface area contributed by atoms with E-state index >= 15 is 0 Å². The summed E-state index contributed by atoms with van der Waals surface area (Å²) in [7, 11) is 0. The van der Waals surface area contributed by atoms with Crippen LogP contribution in [0.3, 0.4) is 0 Å². The quantitative estimate of drug-likeness (QED) is 0.685. The van der Waals surface area contributed by atoms with Gasteiger partial charge in [-0.3, -0.25) is 0 Å². The molecular weight excluding hydrogens is 264 g/mol. The van der Waals surface area contributed by atoms with E-state index in [0.29, 0.717) is 5.75 Å². The Morgan fingerprint density at radius 3 is 2.38 bits per heavy atom. The molecule has 0 saturated carbocycles. The van der Waals surface area contributed by atoms with Crippen molar-refractivity contribution in [3.8, 4) is 5.75 Å². The lowest BCUT2D eigenvalue weighted by Crippen LogP contribution is -2.23. The topological polar surface area (TPSA) is 50.7 Å². The summed E-state index contributed by atoms with van der Waals surface area (Å²) >= 11 is 0. The third-order valence-electron chi connectivity index (χ3n) is 3.05. The first-order chi connectivity index (χ1) is 10.2. The van der Waals surface area contributed by atoms with Crippen molar-refractivity contribution in [2.75, 3.05) is 0 Å². The molecule has 0 spiro atoms. The number of carbonyl (C=O) groups is 1. The molecule has 0 radical (unpaired) electrons. The second kappa shape index (κ2) is 7.24. The summed E-state index contributed by atoms with van der Waals surface area (Å²) in [5, 5.41) is 4.04. The number of para-hydroxylation sites is 1. The normalized spacial score (nSPS) is 11.0. The maximum Gasteiger partial charge on any atom is 0.433 e. The highest BCUT2D eigenvalue weighted by molar-refractivity contribution is 5.99. The van der Waals surface area contributed by atoms with E-state index < -0.39 is 6.09 Å². The Morgan fingerprint density at radius 2 is 1.76 bits per heavy atom. The first kappa shape index (κ1) is 14.8. The monoisotopic (exact) mass is 282 g/mol. The van der Waals surface area contributed by atoms with E-state index in [-0.39, 0.29) is 0 Å². The zero-order valence-electron chi connectivity index (χ0n) is 12.2. The van der Waals surface area contributed by atoms with Crippen molar-refractivity contribution in [3.05, 3.63) is 65.7 Å². The molecule has 0 bridgehead atoms. The number of nitrogens with one attached hydrogen (secondary N) is 1. The van der Waals surface area contributed by atoms with Crippen molar-refractivity contribution in [2.24, 2.45) is 5.10 Å². The SMILES string of the molecule is CCc1ccc(/C(C)=N/NC(=O)Oc2ccccc2)cc1. The van der Waals surface area contributed by atoms with Crippen LogP contribution in [0, 0.1) is 0 Å². The fourth-order valence-corrected chi connectivity index (χ4v) is 1.79. The predicted octanol–water partition coefficient (Wildman–Crippen LogP) is 3.76. The third kappa shape index (κ3) is 4.45. The Balaban J connectivity index is 1.94. The molecule has 2 rings (SSSR count). The van der Waals surface area contributed by atoms with Crippen molar-refractivity contribution in [1.82, 2.24) is 5.43 Å². The van der Waals surface area contributed by atoms with Crippen LogP contribution in [0.5, 0.6) is 5.75 Å². The smallest absolute Gasteiger partial charge is 0.409 e. The summed E-state index contributed by atoms with van der Waals surface area (Å²) in [6, 6.07) is 16.9. The van der Waals surface area contributed by atoms with Gasteiger partial charge < -0.3 is 4.74 Å². The number of hydrogen-bond donors (Lipinski definition) is 1. The number of hydrazone groups is 1. The number of rotatable bonds is 4. The average molecular weight is 282 g/mol. The van der Waals surface area contributed by atoms with Crippen LogP contribution in [0.25, 0.3) is 0 Å². The minimum atomic E-state index is -0.606. The molecular formula is C17H18N2O2. The van der Waals surface area contributed by atoms with Crippen LogP contribution in [0.15, 0.2) is 59.7 Å². The summed E-state index contributed by atoms with van der Waals surface area (Å²) in [6.45, 7) is 3.95. The molecule has 2 aromatic carbocycles. The summed E-state index contributed by atoms with van der Waals surface area (Å²) in [5.41, 5.74) is 5.34. The molecule has 4 heteroatoms. The van der Waals surface area contributed by atoms with E-state index in [4.69, 9.17) is 4.74 Å². The summed E-state index contributed by atoms with van der Waals surface area (Å²) in [4.78, 5) is 11.6. The molecule has 4 nitrogen and oxygen atoms in total. The molecule has 108 valence electrons. The number of hydrogen-bond acceptors (Lipinski definition) is 3. The molecule has 1 amide bonds. The standard InChI is InChI=1S/C17H18N2O2/c1-3-14-9-11-15(12-10-14)13(2)18-19-17(20)21-16-7-5-4-6-8-16/h4-12H,3H2,1-2H3,(H,19,20)/b18-13+. The number of benzene rings is 2. The first-order valence-electron chi connectivity index (χ1n) is 6.85. The van der Waals surface area contributed by atoms with Crippen LogP contribution in [-0.4, -0.2) is 11.8 Å². The predicted molar refractivity (Wildman–Crippen MR) is 83.6 cm³/mol. The van der Waals surface area contributed by atoms with E-state index in [1.165, 1.54) is 5.56 Å². The van der Waals surface area contributed by atoms with E-state index in [9.17, 15) is 4.79 Å². The summed E-state index contributed by atoms with van der Waals surface area (Å²) < 4.78 is 5.08. The number of nitrogens with zero attached hydrogens (tertiary/aromatic N) is 1. The Bertz CT molecular complexity index is 619. The zero-order valence-corrected chi connectivity index (χ0v) is 12.2. The van der Waals surface area contributed by atoms with Gasteiger partial charge >= 0.3 is 6.09 Å². The van der Waals surface area contributed by atoms with Crippen molar-refractivity contribution in [1.29, 1.82) is 0 Å². The van der Waals surface area contributed by atoms with E-state index in [1.54, 1.807) is 24.3 Å². The minimum Gasteiger partial charge on any atom is -0.409 e. The Kier molecular flexibility index (Phi) is 5.10. The van der Waals surface area contributed by atoms with Crippen LogP contribution in [0.1, 0.15) is 25.0 Å². The molecule has 0 aliphatic carbocycles. The van der Waals surface area contributed by atoms with Crippen molar-refractivity contribution in [3.63, 3.8) is 0 Å². The molecule has 2 aromatic rings. The number of carbonyl (C=O) groups excluding carboxylic acids is 1. The molecule has 21 heavy (non-hydrogen) atoms. The zero-order chi connectivity index (χ0) is 15.1. The maximum atomic E-state index is 11.6. The molecule has 0 heterocycles. The Morgan fingerprint density at radius 1 is 1.10 bits per heavy atom. The lowest BCUT2D eigenvalue weighted by molar-refractivity contribution is 0.201. The van der Waals surface area contributed by atoms with E-state index in [0.717, 1.165) is 17.7 Å². The van der Waals surface area contributed by atoms with E-state index in [1.807, 2.05) is 25.1 Å². The van der Waals surface area contributed by atoms with Crippen molar-refractivity contribution in [2.45, 2.75) is 20.3 Å². The van der Waals surface area contributed by atoms with Gasteiger partial charge in [-0.1, -0.05) is 49.4 Å². The summed E-state index contributed by atoms with van der Waals surface area (Å²) in [6.07, 6.45) is 0.392. The van der Waals surface area contributed by atoms with Gasteiger partial charge in [0.25, 0.3) is 0 Å². The average Bonchev–Trinajstić information content (AvgIpc) is 2.53. The lowest BCUT2D eigenvalue weighted by atomic mass is 10.1. The van der Waals surface area contributed by atoms with Crippen molar-refractivity contribution < 1.29 is 9.53 Å². The molecule has 0 aliphatic rings. The van der Waals surface area contributed by atoms with Gasteiger partial charge in [0.05, 0.1) is 5.71 Å². The Hall–Kier alpha value is -2.62. The van der Waals surface area contributed by atoms with Gasteiger partial charge in [0.1, 0.15) is 5.75 Å². The fraction of sp³-hybridized carbons (Fsp3) is 0.176. The number of amides is 1. The minimum absolute atomic E-state index is 0.482. The highest BCUT2D eigenvalue weighted by Crippen LogP contribution is 2.08. The lowest BCUT2D eigenvalue weighted by Gasteiger charge is -2.05. The molecule has 0 unspecified atom stereocenters. The highest BCUT2D eigenvalue weighted by Gasteiger charge is 2.03.